The summed E-state index contributed by atoms with van der Waals surface area (Å²) in [6, 6.07) is 19.3. The standard InChI is InChI=1S/C21H16FNS2/c1-2-17-8-10-20(24-17)21-12-11-19(25-21)18-9-5-15(13-23-18)14-3-6-16(22)7-4-14/h3-13H,2H2,1H3. The van der Waals surface area contributed by atoms with Crippen LogP contribution in [0.3, 0.4) is 0 Å². The van der Waals surface area contributed by atoms with Gasteiger partial charge in [-0.3, -0.25) is 4.98 Å². The molecule has 0 N–H and O–H groups in total. The van der Waals surface area contributed by atoms with Crippen molar-refractivity contribution in [2.45, 2.75) is 13.3 Å². The summed E-state index contributed by atoms with van der Waals surface area (Å²) in [6.07, 6.45) is 2.93. The van der Waals surface area contributed by atoms with Crippen LogP contribution in [0.1, 0.15) is 11.8 Å². The van der Waals surface area contributed by atoms with Gasteiger partial charge in [0.15, 0.2) is 0 Å². The van der Waals surface area contributed by atoms with Crippen molar-refractivity contribution in [3.63, 3.8) is 0 Å². The highest BCUT2D eigenvalue weighted by Crippen LogP contribution is 2.37. The van der Waals surface area contributed by atoms with Crippen molar-refractivity contribution in [1.82, 2.24) is 4.98 Å². The molecule has 0 radical (unpaired) electrons. The van der Waals surface area contributed by atoms with E-state index < -0.39 is 0 Å². The van der Waals surface area contributed by atoms with E-state index in [0.717, 1.165) is 28.1 Å². The molecule has 3 heterocycles. The van der Waals surface area contributed by atoms with E-state index in [4.69, 9.17) is 0 Å². The number of pyridine rings is 1. The summed E-state index contributed by atoms with van der Waals surface area (Å²) in [5, 5.41) is 0. The minimum atomic E-state index is -0.223. The summed E-state index contributed by atoms with van der Waals surface area (Å²) in [6.45, 7) is 2.18. The molecular formula is C21H16FNS2. The minimum Gasteiger partial charge on any atom is -0.255 e. The van der Waals surface area contributed by atoms with Crippen LogP contribution >= 0.6 is 22.7 Å². The Labute approximate surface area is 154 Å². The lowest BCUT2D eigenvalue weighted by atomic mass is 10.1. The van der Waals surface area contributed by atoms with Crippen LogP contribution in [0, 0.1) is 5.82 Å². The molecule has 0 atom stereocenters. The van der Waals surface area contributed by atoms with Crippen molar-refractivity contribution in [3.8, 4) is 31.5 Å². The molecular weight excluding hydrogens is 349 g/mol. The molecule has 0 saturated heterocycles. The molecule has 1 nitrogen and oxygen atoms in total. The van der Waals surface area contributed by atoms with Gasteiger partial charge in [0.25, 0.3) is 0 Å². The zero-order valence-corrected chi connectivity index (χ0v) is 15.3. The summed E-state index contributed by atoms with van der Waals surface area (Å²) in [4.78, 5) is 9.76. The van der Waals surface area contributed by atoms with Gasteiger partial charge in [-0.05, 0) is 54.4 Å². The van der Waals surface area contributed by atoms with Crippen molar-refractivity contribution < 1.29 is 4.39 Å². The minimum absolute atomic E-state index is 0.223. The highest BCUT2D eigenvalue weighted by atomic mass is 32.1. The normalized spacial score (nSPS) is 11.0. The third kappa shape index (κ3) is 3.41. The fraction of sp³-hybridized carbons (Fsp3) is 0.0952. The number of halogens is 1. The smallest absolute Gasteiger partial charge is 0.123 e. The number of hydrogen-bond donors (Lipinski definition) is 0. The maximum absolute atomic E-state index is 13.0. The molecule has 25 heavy (non-hydrogen) atoms. The lowest BCUT2D eigenvalue weighted by Gasteiger charge is -2.02. The number of aryl methyl sites for hydroxylation is 1. The average molecular weight is 365 g/mol. The molecule has 0 amide bonds. The van der Waals surface area contributed by atoms with Crippen LogP contribution in [0.5, 0.6) is 0 Å². The Kier molecular flexibility index (Phi) is 4.47. The number of thiophene rings is 2. The van der Waals surface area contributed by atoms with E-state index in [1.807, 2.05) is 29.7 Å². The average Bonchev–Trinajstić information content (AvgIpc) is 3.32. The fourth-order valence-electron chi connectivity index (χ4n) is 2.66. The third-order valence-corrected chi connectivity index (χ3v) is 6.59. The van der Waals surface area contributed by atoms with E-state index in [0.29, 0.717) is 0 Å². The lowest BCUT2D eigenvalue weighted by molar-refractivity contribution is 0.628. The molecule has 0 unspecified atom stereocenters. The molecule has 124 valence electrons. The zero-order valence-electron chi connectivity index (χ0n) is 13.7. The summed E-state index contributed by atoms with van der Waals surface area (Å²) in [5.41, 5.74) is 2.93. The van der Waals surface area contributed by atoms with E-state index >= 15 is 0 Å². The van der Waals surface area contributed by atoms with Gasteiger partial charge in [-0.1, -0.05) is 25.1 Å². The van der Waals surface area contributed by atoms with E-state index in [-0.39, 0.29) is 5.82 Å². The zero-order chi connectivity index (χ0) is 17.2. The van der Waals surface area contributed by atoms with Crippen molar-refractivity contribution in [1.29, 1.82) is 0 Å². The van der Waals surface area contributed by atoms with Crippen LogP contribution in [0.2, 0.25) is 0 Å². The van der Waals surface area contributed by atoms with Crippen LogP contribution < -0.4 is 0 Å². The Hall–Kier alpha value is -2.30. The largest absolute Gasteiger partial charge is 0.255 e. The number of nitrogens with zero attached hydrogens (tertiary/aromatic N) is 1. The summed E-state index contributed by atoms with van der Waals surface area (Å²) in [5.74, 6) is -0.223. The van der Waals surface area contributed by atoms with E-state index in [1.54, 1.807) is 23.5 Å². The Morgan fingerprint density at radius 2 is 1.44 bits per heavy atom. The van der Waals surface area contributed by atoms with E-state index in [9.17, 15) is 4.39 Å². The van der Waals surface area contributed by atoms with E-state index in [2.05, 4.69) is 36.2 Å². The van der Waals surface area contributed by atoms with Crippen LogP contribution in [-0.2, 0) is 6.42 Å². The van der Waals surface area contributed by atoms with Crippen molar-refractivity contribution in [2.75, 3.05) is 0 Å². The molecule has 4 aromatic rings. The van der Waals surface area contributed by atoms with Crippen LogP contribution in [-0.4, -0.2) is 4.98 Å². The van der Waals surface area contributed by atoms with Gasteiger partial charge in [0.1, 0.15) is 5.82 Å². The Morgan fingerprint density at radius 1 is 0.760 bits per heavy atom. The second-order valence-corrected chi connectivity index (χ2v) is 7.97. The molecule has 0 bridgehead atoms. The van der Waals surface area contributed by atoms with Gasteiger partial charge in [-0.2, -0.15) is 0 Å². The summed E-state index contributed by atoms with van der Waals surface area (Å²) < 4.78 is 13.0. The monoisotopic (exact) mass is 365 g/mol. The second-order valence-electron chi connectivity index (χ2n) is 5.72. The Bertz CT molecular complexity index is 981. The number of aromatic nitrogens is 1. The number of benzene rings is 1. The summed E-state index contributed by atoms with van der Waals surface area (Å²) >= 11 is 3.62. The van der Waals surface area contributed by atoms with E-state index in [1.165, 1.54) is 26.8 Å². The van der Waals surface area contributed by atoms with Crippen LogP contribution in [0.25, 0.3) is 31.5 Å². The maximum atomic E-state index is 13.0. The highest BCUT2D eigenvalue weighted by Gasteiger charge is 2.08. The number of hydrogen-bond acceptors (Lipinski definition) is 3. The van der Waals surface area contributed by atoms with Gasteiger partial charge >= 0.3 is 0 Å². The predicted octanol–water partition coefficient (Wildman–Crippen LogP) is 6.91. The van der Waals surface area contributed by atoms with Gasteiger partial charge in [0, 0.05) is 26.4 Å². The molecule has 0 fully saturated rings. The first kappa shape index (κ1) is 16.2. The SMILES string of the molecule is CCc1ccc(-c2ccc(-c3ccc(-c4ccc(F)cc4)cn3)s2)s1. The lowest BCUT2D eigenvalue weighted by Crippen LogP contribution is -1.83. The molecule has 3 aromatic heterocycles. The Morgan fingerprint density at radius 3 is 2.12 bits per heavy atom. The van der Waals surface area contributed by atoms with Crippen molar-refractivity contribution in [2.24, 2.45) is 0 Å². The molecule has 0 aliphatic heterocycles. The van der Waals surface area contributed by atoms with Gasteiger partial charge in [0.2, 0.25) is 0 Å². The molecule has 0 spiro atoms. The van der Waals surface area contributed by atoms with Crippen molar-refractivity contribution in [3.05, 3.63) is 77.6 Å². The van der Waals surface area contributed by atoms with Crippen LogP contribution in [0.15, 0.2) is 66.9 Å². The molecule has 4 heteroatoms. The highest BCUT2D eigenvalue weighted by molar-refractivity contribution is 7.23. The number of rotatable bonds is 4. The maximum Gasteiger partial charge on any atom is 0.123 e. The third-order valence-electron chi connectivity index (χ3n) is 4.05. The molecule has 0 aliphatic carbocycles. The van der Waals surface area contributed by atoms with Gasteiger partial charge in [0.05, 0.1) is 10.6 Å². The van der Waals surface area contributed by atoms with Gasteiger partial charge in [-0.15, -0.1) is 22.7 Å². The summed E-state index contributed by atoms with van der Waals surface area (Å²) in [7, 11) is 0. The first-order chi connectivity index (χ1) is 12.2. The first-order valence-corrected chi connectivity index (χ1v) is 9.77. The van der Waals surface area contributed by atoms with Gasteiger partial charge in [-0.25, -0.2) is 4.39 Å². The predicted molar refractivity (Wildman–Crippen MR) is 106 cm³/mol. The molecule has 1 aromatic carbocycles. The van der Waals surface area contributed by atoms with Crippen LogP contribution in [0.4, 0.5) is 4.39 Å². The first-order valence-electron chi connectivity index (χ1n) is 8.14. The fourth-order valence-corrected chi connectivity index (χ4v) is 4.68. The second kappa shape index (κ2) is 6.90. The van der Waals surface area contributed by atoms with Crippen molar-refractivity contribution >= 4 is 22.7 Å². The van der Waals surface area contributed by atoms with Gasteiger partial charge < -0.3 is 0 Å². The quantitative estimate of drug-likeness (QED) is 0.383. The molecule has 0 aliphatic rings. The topological polar surface area (TPSA) is 12.9 Å². The Balaban J connectivity index is 1.59. The molecule has 4 rings (SSSR count). The molecule has 0 saturated carbocycles.